The lowest BCUT2D eigenvalue weighted by Crippen LogP contribution is -2.57. The summed E-state index contributed by atoms with van der Waals surface area (Å²) in [6.07, 6.45) is 0.126. The lowest BCUT2D eigenvalue weighted by Gasteiger charge is -2.42. The molecule has 0 aromatic carbocycles. The zero-order chi connectivity index (χ0) is 18.6. The van der Waals surface area contributed by atoms with Crippen LogP contribution in [0.3, 0.4) is 0 Å². The first kappa shape index (κ1) is 19.4. The van der Waals surface area contributed by atoms with Crippen molar-refractivity contribution in [3.05, 3.63) is 17.0 Å². The van der Waals surface area contributed by atoms with E-state index < -0.39 is 5.60 Å². The maximum Gasteiger partial charge on any atom is 0.259 e. The number of amides is 2. The fourth-order valence-electron chi connectivity index (χ4n) is 3.11. The molecule has 1 saturated heterocycles. The highest BCUT2D eigenvalue weighted by Crippen LogP contribution is 2.27. The van der Waals surface area contributed by atoms with E-state index in [0.717, 1.165) is 0 Å². The normalized spacial score (nSPS) is 20.8. The van der Waals surface area contributed by atoms with Crippen LogP contribution in [0.1, 0.15) is 48.0 Å². The third kappa shape index (κ3) is 4.19. The zero-order valence-electron chi connectivity index (χ0n) is 15.5. The van der Waals surface area contributed by atoms with E-state index >= 15 is 0 Å². The van der Waals surface area contributed by atoms with Gasteiger partial charge in [0, 0.05) is 20.7 Å². The largest absolute Gasteiger partial charge is 0.382 e. The second-order valence-corrected chi connectivity index (χ2v) is 6.69. The molecule has 1 aliphatic rings. The Morgan fingerprint density at radius 3 is 2.76 bits per heavy atom. The molecule has 1 fully saturated rings. The van der Waals surface area contributed by atoms with Crippen molar-refractivity contribution >= 4 is 11.8 Å². The number of morpholine rings is 1. The van der Waals surface area contributed by atoms with Gasteiger partial charge in [-0.25, -0.2) is 0 Å². The third-order valence-corrected chi connectivity index (χ3v) is 4.35. The van der Waals surface area contributed by atoms with E-state index in [2.05, 4.69) is 10.5 Å². The van der Waals surface area contributed by atoms with Gasteiger partial charge >= 0.3 is 0 Å². The molecule has 8 nitrogen and oxygen atoms in total. The quantitative estimate of drug-likeness (QED) is 0.823. The minimum absolute atomic E-state index is 0.0760. The van der Waals surface area contributed by atoms with Crippen LogP contribution in [0.5, 0.6) is 0 Å². The monoisotopic (exact) mass is 353 g/mol. The Kier molecular flexibility index (Phi) is 6.18. The number of ether oxygens (including phenoxy) is 2. The van der Waals surface area contributed by atoms with Gasteiger partial charge in [0.15, 0.2) is 0 Å². The average molecular weight is 353 g/mol. The summed E-state index contributed by atoms with van der Waals surface area (Å²) in [6.45, 7) is 6.95. The van der Waals surface area contributed by atoms with E-state index in [1.54, 1.807) is 26.0 Å². The Hall–Kier alpha value is -1.93. The average Bonchev–Trinajstić information content (AvgIpc) is 2.96. The molecule has 0 saturated carbocycles. The molecule has 0 spiro atoms. The molecule has 1 atom stereocenters. The predicted octanol–water partition coefficient (Wildman–Crippen LogP) is 1.10. The third-order valence-electron chi connectivity index (χ3n) is 4.35. The Labute approximate surface area is 147 Å². The van der Waals surface area contributed by atoms with Crippen molar-refractivity contribution in [2.45, 2.75) is 38.7 Å². The van der Waals surface area contributed by atoms with Crippen LogP contribution in [-0.4, -0.2) is 67.9 Å². The maximum atomic E-state index is 13.1. The summed E-state index contributed by atoms with van der Waals surface area (Å²) in [5, 5.41) is 6.62. The molecule has 0 aliphatic carbocycles. The van der Waals surface area contributed by atoms with Gasteiger partial charge in [0.1, 0.15) is 16.9 Å². The van der Waals surface area contributed by atoms with Crippen LogP contribution in [0.2, 0.25) is 0 Å². The predicted molar refractivity (Wildman–Crippen MR) is 90.5 cm³/mol. The first-order valence-corrected chi connectivity index (χ1v) is 8.42. The lowest BCUT2D eigenvalue weighted by atomic mass is 9.96. The summed E-state index contributed by atoms with van der Waals surface area (Å²) < 4.78 is 16.4. The number of nitrogens with zero attached hydrogens (tertiary/aromatic N) is 2. The number of aryl methyl sites for hydroxylation is 1. The topological polar surface area (TPSA) is 93.9 Å². The molecule has 140 valence electrons. The van der Waals surface area contributed by atoms with Crippen LogP contribution in [0.25, 0.3) is 0 Å². The number of aromatic nitrogens is 1. The Morgan fingerprint density at radius 2 is 2.16 bits per heavy atom. The van der Waals surface area contributed by atoms with E-state index in [0.29, 0.717) is 30.2 Å². The molecule has 2 amide bonds. The number of hydrogen-bond donors (Lipinski definition) is 1. The van der Waals surface area contributed by atoms with Gasteiger partial charge in [-0.15, -0.1) is 0 Å². The fraction of sp³-hybridized carbons (Fsp3) is 0.706. The van der Waals surface area contributed by atoms with Gasteiger partial charge in [0.25, 0.3) is 5.91 Å². The summed E-state index contributed by atoms with van der Waals surface area (Å²) in [4.78, 5) is 26.7. The molecule has 25 heavy (non-hydrogen) atoms. The fourth-order valence-corrected chi connectivity index (χ4v) is 3.11. The number of carbonyl (C=O) groups excluding carboxylic acids is 2. The number of carbonyl (C=O) groups is 2. The van der Waals surface area contributed by atoms with Gasteiger partial charge in [0.2, 0.25) is 5.91 Å². The van der Waals surface area contributed by atoms with Crippen molar-refractivity contribution in [2.75, 3.05) is 40.5 Å². The highest BCUT2D eigenvalue weighted by Gasteiger charge is 2.41. The lowest BCUT2D eigenvalue weighted by molar-refractivity contribution is -0.150. The maximum absolute atomic E-state index is 13.1. The molecular weight excluding hydrogens is 326 g/mol. The van der Waals surface area contributed by atoms with Crippen LogP contribution >= 0.6 is 0 Å². The van der Waals surface area contributed by atoms with Crippen LogP contribution in [0.15, 0.2) is 4.52 Å². The van der Waals surface area contributed by atoms with E-state index in [1.807, 2.05) is 13.8 Å². The van der Waals surface area contributed by atoms with Crippen molar-refractivity contribution in [1.82, 2.24) is 15.4 Å². The highest BCUT2D eigenvalue weighted by molar-refractivity contribution is 5.96. The van der Waals surface area contributed by atoms with Crippen LogP contribution in [0, 0.1) is 6.92 Å². The van der Waals surface area contributed by atoms with Gasteiger partial charge in [-0.2, -0.15) is 0 Å². The summed E-state index contributed by atoms with van der Waals surface area (Å²) in [7, 11) is 3.13. The molecule has 1 aromatic heterocycles. The minimum atomic E-state index is -0.855. The molecular formula is C17H27N3O5. The second kappa shape index (κ2) is 7.97. The standard InChI is InChI=1S/C17H27N3O5/c1-11(2)15-14(12(3)25-19-15)16(22)20-6-7-24-17(9-20,10-23-5)8-13(21)18-4/h11H,6-10H2,1-5H3,(H,18,21)/t17-/m0/s1. The molecule has 2 heterocycles. The van der Waals surface area contributed by atoms with Crippen molar-refractivity contribution in [1.29, 1.82) is 0 Å². The van der Waals surface area contributed by atoms with Crippen molar-refractivity contribution in [3.63, 3.8) is 0 Å². The van der Waals surface area contributed by atoms with Crippen LogP contribution < -0.4 is 5.32 Å². The zero-order valence-corrected chi connectivity index (χ0v) is 15.5. The summed E-state index contributed by atoms with van der Waals surface area (Å²) in [6, 6.07) is 0. The van der Waals surface area contributed by atoms with E-state index in [-0.39, 0.29) is 37.3 Å². The molecule has 0 radical (unpaired) electrons. The minimum Gasteiger partial charge on any atom is -0.382 e. The van der Waals surface area contributed by atoms with Crippen molar-refractivity contribution < 1.29 is 23.6 Å². The first-order chi connectivity index (χ1) is 11.8. The van der Waals surface area contributed by atoms with Gasteiger partial charge in [-0.3, -0.25) is 9.59 Å². The molecule has 1 N–H and O–H groups in total. The summed E-state index contributed by atoms with van der Waals surface area (Å²) in [5.74, 6) is 0.273. The van der Waals surface area contributed by atoms with E-state index in [1.165, 1.54) is 0 Å². The van der Waals surface area contributed by atoms with E-state index in [4.69, 9.17) is 14.0 Å². The molecule has 1 aromatic rings. The Bertz CT molecular complexity index is 624. The molecule has 1 aliphatic heterocycles. The van der Waals surface area contributed by atoms with Gasteiger partial charge in [-0.1, -0.05) is 19.0 Å². The van der Waals surface area contributed by atoms with Gasteiger partial charge < -0.3 is 24.2 Å². The van der Waals surface area contributed by atoms with Crippen molar-refractivity contribution in [3.8, 4) is 0 Å². The van der Waals surface area contributed by atoms with Crippen LogP contribution in [-0.2, 0) is 14.3 Å². The van der Waals surface area contributed by atoms with Gasteiger partial charge in [-0.05, 0) is 12.8 Å². The van der Waals surface area contributed by atoms with Crippen molar-refractivity contribution in [2.24, 2.45) is 0 Å². The van der Waals surface area contributed by atoms with Gasteiger partial charge in [0.05, 0.1) is 31.9 Å². The smallest absolute Gasteiger partial charge is 0.259 e. The summed E-state index contributed by atoms with van der Waals surface area (Å²) >= 11 is 0. The second-order valence-electron chi connectivity index (χ2n) is 6.69. The molecule has 0 unspecified atom stereocenters. The molecule has 8 heteroatoms. The number of methoxy groups -OCH3 is 1. The Morgan fingerprint density at radius 1 is 1.44 bits per heavy atom. The number of rotatable bonds is 6. The first-order valence-electron chi connectivity index (χ1n) is 8.42. The molecule has 2 rings (SSSR count). The number of hydrogen-bond acceptors (Lipinski definition) is 6. The van der Waals surface area contributed by atoms with Crippen LogP contribution in [0.4, 0.5) is 0 Å². The highest BCUT2D eigenvalue weighted by atomic mass is 16.5. The van der Waals surface area contributed by atoms with E-state index in [9.17, 15) is 9.59 Å². The summed E-state index contributed by atoms with van der Waals surface area (Å²) in [5.41, 5.74) is 0.298. The Balaban J connectivity index is 2.26. The molecule has 0 bridgehead atoms. The number of nitrogens with one attached hydrogen (secondary N) is 1. The SMILES string of the molecule is CNC(=O)C[C@@]1(COC)CN(C(=O)c2c(C(C)C)noc2C)CCO1.